The molecule has 4 heteroatoms. The molecule has 0 atom stereocenters. The van der Waals surface area contributed by atoms with Crippen LogP contribution in [-0.2, 0) is 4.74 Å². The standard InChI is InChI=1S/C13H13N2OS/c1-3-12(15-6-8-16-9-7-15)4-2-11(1)13-14-5-10-17-13/h1-4,10H,6-9H2. The Labute approximate surface area is 105 Å². The van der Waals surface area contributed by atoms with Crippen molar-refractivity contribution >= 4 is 17.0 Å². The highest BCUT2D eigenvalue weighted by Crippen LogP contribution is 2.24. The summed E-state index contributed by atoms with van der Waals surface area (Å²) in [7, 11) is 0. The van der Waals surface area contributed by atoms with Gasteiger partial charge in [0.2, 0.25) is 0 Å². The predicted octanol–water partition coefficient (Wildman–Crippen LogP) is 2.45. The molecule has 2 heterocycles. The Morgan fingerprint density at radius 1 is 1.18 bits per heavy atom. The molecule has 1 aromatic carbocycles. The lowest BCUT2D eigenvalue weighted by molar-refractivity contribution is 0.122. The van der Waals surface area contributed by atoms with Crippen molar-refractivity contribution in [2.45, 2.75) is 0 Å². The Morgan fingerprint density at radius 2 is 1.94 bits per heavy atom. The molecule has 0 bridgehead atoms. The zero-order valence-corrected chi connectivity index (χ0v) is 10.2. The third kappa shape index (κ3) is 2.33. The minimum Gasteiger partial charge on any atom is -0.378 e. The number of ether oxygens (including phenoxy) is 1. The highest BCUT2D eigenvalue weighted by atomic mass is 32.1. The molecule has 1 radical (unpaired) electrons. The summed E-state index contributed by atoms with van der Waals surface area (Å²) in [4.78, 5) is 6.54. The molecule has 3 nitrogen and oxygen atoms in total. The van der Waals surface area contributed by atoms with E-state index in [1.807, 2.05) is 5.38 Å². The van der Waals surface area contributed by atoms with E-state index in [-0.39, 0.29) is 0 Å². The minimum atomic E-state index is 0.823. The van der Waals surface area contributed by atoms with Crippen molar-refractivity contribution in [3.63, 3.8) is 0 Å². The van der Waals surface area contributed by atoms with Gasteiger partial charge in [-0.15, -0.1) is 11.3 Å². The van der Waals surface area contributed by atoms with Gasteiger partial charge in [-0.05, 0) is 24.3 Å². The molecular formula is C13H13N2OS. The average Bonchev–Trinajstić information content (AvgIpc) is 2.94. The predicted molar refractivity (Wildman–Crippen MR) is 69.4 cm³/mol. The first-order chi connectivity index (χ1) is 8.43. The average molecular weight is 245 g/mol. The molecule has 1 saturated heterocycles. The third-order valence-corrected chi connectivity index (χ3v) is 3.65. The third-order valence-electron chi connectivity index (χ3n) is 2.88. The summed E-state index contributed by atoms with van der Waals surface area (Å²) in [6.07, 6.45) is 2.85. The molecule has 0 amide bonds. The van der Waals surface area contributed by atoms with E-state index in [2.05, 4.69) is 40.3 Å². The van der Waals surface area contributed by atoms with Gasteiger partial charge in [0.1, 0.15) is 11.2 Å². The summed E-state index contributed by atoms with van der Waals surface area (Å²) < 4.78 is 5.35. The number of aromatic nitrogens is 1. The Bertz CT molecular complexity index is 461. The molecule has 0 N–H and O–H groups in total. The second-order valence-electron chi connectivity index (χ2n) is 3.93. The van der Waals surface area contributed by atoms with Gasteiger partial charge >= 0.3 is 0 Å². The zero-order valence-electron chi connectivity index (χ0n) is 9.43. The van der Waals surface area contributed by atoms with Gasteiger partial charge in [0, 0.05) is 29.7 Å². The van der Waals surface area contributed by atoms with Crippen molar-refractivity contribution < 1.29 is 4.74 Å². The van der Waals surface area contributed by atoms with Crippen LogP contribution in [0.25, 0.3) is 10.6 Å². The second-order valence-corrected chi connectivity index (χ2v) is 4.79. The van der Waals surface area contributed by atoms with Gasteiger partial charge in [0.05, 0.1) is 13.2 Å². The topological polar surface area (TPSA) is 25.4 Å². The van der Waals surface area contributed by atoms with Crippen LogP contribution in [-0.4, -0.2) is 31.3 Å². The van der Waals surface area contributed by atoms with Crippen molar-refractivity contribution in [2.24, 2.45) is 0 Å². The summed E-state index contributed by atoms with van der Waals surface area (Å²) in [6, 6.07) is 8.55. The summed E-state index contributed by atoms with van der Waals surface area (Å²) in [5.41, 5.74) is 2.42. The SMILES string of the molecule is [c]1csc(-c2ccc(N3CCOCC3)cc2)n1. The number of hydrogen-bond acceptors (Lipinski definition) is 4. The fourth-order valence-electron chi connectivity index (χ4n) is 1.96. The van der Waals surface area contributed by atoms with Gasteiger partial charge in [-0.2, -0.15) is 0 Å². The second kappa shape index (κ2) is 4.85. The van der Waals surface area contributed by atoms with E-state index in [1.165, 1.54) is 5.69 Å². The molecule has 1 aliphatic heterocycles. The molecule has 1 aromatic heterocycles. The molecule has 0 spiro atoms. The van der Waals surface area contributed by atoms with Crippen LogP contribution >= 0.6 is 11.3 Å². The van der Waals surface area contributed by atoms with Crippen molar-refractivity contribution in [1.29, 1.82) is 0 Å². The van der Waals surface area contributed by atoms with Crippen LogP contribution in [0.2, 0.25) is 0 Å². The first-order valence-corrected chi connectivity index (χ1v) is 6.56. The van der Waals surface area contributed by atoms with Crippen LogP contribution in [0.4, 0.5) is 5.69 Å². The maximum Gasteiger partial charge on any atom is 0.124 e. The van der Waals surface area contributed by atoms with E-state index in [9.17, 15) is 0 Å². The fourth-order valence-corrected chi connectivity index (χ4v) is 2.56. The maximum absolute atomic E-state index is 5.35. The normalized spacial score (nSPS) is 16.1. The van der Waals surface area contributed by atoms with Crippen LogP contribution in [0.15, 0.2) is 29.6 Å². The molecule has 1 aliphatic rings. The maximum atomic E-state index is 5.35. The summed E-state index contributed by atoms with van der Waals surface area (Å²) in [5, 5.41) is 2.91. The Balaban J connectivity index is 1.80. The molecule has 17 heavy (non-hydrogen) atoms. The summed E-state index contributed by atoms with van der Waals surface area (Å²) >= 11 is 1.62. The molecule has 2 aromatic rings. The Kier molecular flexibility index (Phi) is 3.07. The number of benzene rings is 1. The molecule has 1 fully saturated rings. The first kappa shape index (κ1) is 10.7. The van der Waals surface area contributed by atoms with Gasteiger partial charge in [0.25, 0.3) is 0 Å². The fraction of sp³-hybridized carbons (Fsp3) is 0.308. The van der Waals surface area contributed by atoms with Crippen LogP contribution in [0.5, 0.6) is 0 Å². The first-order valence-electron chi connectivity index (χ1n) is 5.68. The number of hydrogen-bond donors (Lipinski definition) is 0. The molecular weight excluding hydrogens is 232 g/mol. The van der Waals surface area contributed by atoms with Gasteiger partial charge < -0.3 is 9.64 Å². The number of anilines is 1. The molecule has 0 unspecified atom stereocenters. The number of morpholine rings is 1. The zero-order chi connectivity index (χ0) is 11.5. The monoisotopic (exact) mass is 245 g/mol. The summed E-state index contributed by atoms with van der Waals surface area (Å²) in [6.45, 7) is 3.60. The van der Waals surface area contributed by atoms with E-state index in [0.717, 1.165) is 36.9 Å². The van der Waals surface area contributed by atoms with E-state index < -0.39 is 0 Å². The molecule has 3 rings (SSSR count). The largest absolute Gasteiger partial charge is 0.378 e. The lowest BCUT2D eigenvalue weighted by atomic mass is 10.2. The van der Waals surface area contributed by atoms with Crippen LogP contribution in [0, 0.1) is 6.20 Å². The van der Waals surface area contributed by atoms with E-state index in [4.69, 9.17) is 4.74 Å². The van der Waals surface area contributed by atoms with Crippen molar-refractivity contribution in [3.05, 3.63) is 35.8 Å². The Hall–Kier alpha value is -1.39. The van der Waals surface area contributed by atoms with Gasteiger partial charge in [-0.3, -0.25) is 0 Å². The highest BCUT2D eigenvalue weighted by Gasteiger charge is 2.11. The number of thiazole rings is 1. The van der Waals surface area contributed by atoms with Crippen molar-refractivity contribution in [2.75, 3.05) is 31.2 Å². The highest BCUT2D eigenvalue weighted by molar-refractivity contribution is 7.13. The Morgan fingerprint density at radius 3 is 2.59 bits per heavy atom. The number of rotatable bonds is 2. The van der Waals surface area contributed by atoms with Gasteiger partial charge in [-0.25, -0.2) is 4.98 Å². The molecule has 87 valence electrons. The van der Waals surface area contributed by atoms with Gasteiger partial charge in [0.15, 0.2) is 0 Å². The van der Waals surface area contributed by atoms with Crippen LogP contribution < -0.4 is 4.90 Å². The minimum absolute atomic E-state index is 0.823. The van der Waals surface area contributed by atoms with E-state index in [0.29, 0.717) is 0 Å². The van der Waals surface area contributed by atoms with Crippen LogP contribution in [0.1, 0.15) is 0 Å². The quantitative estimate of drug-likeness (QED) is 0.812. The van der Waals surface area contributed by atoms with E-state index in [1.54, 1.807) is 11.3 Å². The van der Waals surface area contributed by atoms with Gasteiger partial charge in [-0.1, -0.05) is 0 Å². The molecule has 0 saturated carbocycles. The van der Waals surface area contributed by atoms with Crippen molar-refractivity contribution in [3.8, 4) is 10.6 Å². The lowest BCUT2D eigenvalue weighted by Gasteiger charge is -2.28. The number of nitrogens with zero attached hydrogens (tertiary/aromatic N) is 2. The summed E-state index contributed by atoms with van der Waals surface area (Å²) in [5.74, 6) is 0. The van der Waals surface area contributed by atoms with Crippen LogP contribution in [0.3, 0.4) is 0 Å². The van der Waals surface area contributed by atoms with E-state index >= 15 is 0 Å². The van der Waals surface area contributed by atoms with Crippen molar-refractivity contribution in [1.82, 2.24) is 4.98 Å². The molecule has 0 aliphatic carbocycles. The smallest absolute Gasteiger partial charge is 0.124 e. The lowest BCUT2D eigenvalue weighted by Crippen LogP contribution is -2.36.